The Labute approximate surface area is 161 Å². The van der Waals surface area contributed by atoms with E-state index in [9.17, 15) is 4.79 Å². The number of nitrogens with zero attached hydrogens (tertiary/aromatic N) is 2. The van der Waals surface area contributed by atoms with Crippen LogP contribution in [0.15, 0.2) is 18.2 Å². The highest BCUT2D eigenvalue weighted by molar-refractivity contribution is 7.99. The maximum Gasteiger partial charge on any atom is 0.240 e. The third-order valence-corrected chi connectivity index (χ3v) is 7.26. The average molecular weight is 397 g/mol. The smallest absolute Gasteiger partial charge is 0.240 e. The van der Waals surface area contributed by atoms with Crippen molar-refractivity contribution in [2.24, 2.45) is 5.41 Å². The fourth-order valence-electron chi connectivity index (χ4n) is 3.89. The van der Waals surface area contributed by atoms with E-state index >= 15 is 0 Å². The number of halogens is 2. The molecule has 1 aromatic rings. The molecule has 4 rings (SSSR count). The standard InChI is InChI=1S/C17H18Cl2N4OS/c18-10-1-2-11(12(19)5-10)15-22-13(7-25-15)16(24)23-4-3-17(8-23)6-14(17)21-9-20/h1-2,5,13-15,21-22H,3-4,6-8H2/t13?,14?,15?,17-/m1/s1. The minimum absolute atomic E-state index is 0.00390. The SMILES string of the molecule is N#CNC1C[C@@]12CCN(C(=O)C1CSC(c3ccc(Cl)cc3Cl)N1)C2. The van der Waals surface area contributed by atoms with Crippen molar-refractivity contribution in [1.29, 1.82) is 5.26 Å². The van der Waals surface area contributed by atoms with Gasteiger partial charge in [0.2, 0.25) is 5.91 Å². The van der Waals surface area contributed by atoms with Gasteiger partial charge in [-0.25, -0.2) is 0 Å². The summed E-state index contributed by atoms with van der Waals surface area (Å²) in [6.07, 6.45) is 3.99. The molecule has 1 aromatic carbocycles. The first-order valence-electron chi connectivity index (χ1n) is 8.28. The maximum atomic E-state index is 12.9. The molecule has 3 aliphatic rings. The Kier molecular flexibility index (Phi) is 4.53. The molecule has 3 fully saturated rings. The van der Waals surface area contributed by atoms with Crippen LogP contribution in [0.2, 0.25) is 10.0 Å². The number of nitrogens with one attached hydrogen (secondary N) is 2. The van der Waals surface area contributed by atoms with Crippen molar-refractivity contribution in [3.05, 3.63) is 33.8 Å². The summed E-state index contributed by atoms with van der Waals surface area (Å²) < 4.78 is 0. The number of hydrogen-bond donors (Lipinski definition) is 2. The summed E-state index contributed by atoms with van der Waals surface area (Å²) >= 11 is 13.9. The van der Waals surface area contributed by atoms with E-state index in [0.717, 1.165) is 37.2 Å². The van der Waals surface area contributed by atoms with Crippen LogP contribution in [0.1, 0.15) is 23.8 Å². The van der Waals surface area contributed by atoms with Crippen molar-refractivity contribution in [3.8, 4) is 6.19 Å². The van der Waals surface area contributed by atoms with Gasteiger partial charge >= 0.3 is 0 Å². The molecule has 2 N–H and O–H groups in total. The second kappa shape index (κ2) is 6.55. The molecule has 1 aliphatic carbocycles. The van der Waals surface area contributed by atoms with Crippen LogP contribution in [0.4, 0.5) is 0 Å². The first-order valence-corrected chi connectivity index (χ1v) is 10.1. The molecular weight excluding hydrogens is 379 g/mol. The molecule has 1 saturated carbocycles. The van der Waals surface area contributed by atoms with Gasteiger partial charge in [-0.1, -0.05) is 29.3 Å². The monoisotopic (exact) mass is 396 g/mol. The molecule has 25 heavy (non-hydrogen) atoms. The Hall–Kier alpha value is -1.13. The minimum atomic E-state index is -0.196. The van der Waals surface area contributed by atoms with Crippen LogP contribution in [0.3, 0.4) is 0 Å². The van der Waals surface area contributed by atoms with E-state index in [1.165, 1.54) is 0 Å². The zero-order valence-corrected chi connectivity index (χ0v) is 15.8. The first-order chi connectivity index (χ1) is 12.0. The highest BCUT2D eigenvalue weighted by Crippen LogP contribution is 2.53. The Morgan fingerprint density at radius 2 is 2.32 bits per heavy atom. The van der Waals surface area contributed by atoms with Crippen LogP contribution < -0.4 is 10.6 Å². The number of carbonyl (C=O) groups excluding carboxylic acids is 1. The molecule has 2 aliphatic heterocycles. The summed E-state index contributed by atoms with van der Waals surface area (Å²) in [7, 11) is 0. The van der Waals surface area contributed by atoms with Crippen molar-refractivity contribution in [3.63, 3.8) is 0 Å². The van der Waals surface area contributed by atoms with Crippen LogP contribution in [-0.2, 0) is 4.79 Å². The van der Waals surface area contributed by atoms with E-state index < -0.39 is 0 Å². The summed E-state index contributed by atoms with van der Waals surface area (Å²) in [5.74, 6) is 0.880. The Morgan fingerprint density at radius 3 is 3.08 bits per heavy atom. The maximum absolute atomic E-state index is 12.9. The lowest BCUT2D eigenvalue weighted by molar-refractivity contribution is -0.131. The molecule has 4 atom stereocenters. The van der Waals surface area contributed by atoms with Crippen LogP contribution in [0, 0.1) is 16.9 Å². The molecular formula is C17H18Cl2N4OS. The molecule has 5 nitrogen and oxygen atoms in total. The van der Waals surface area contributed by atoms with Crippen LogP contribution in [0.5, 0.6) is 0 Å². The molecule has 1 spiro atoms. The second-order valence-electron chi connectivity index (χ2n) is 6.98. The van der Waals surface area contributed by atoms with Gasteiger partial charge in [0.05, 0.1) is 11.4 Å². The van der Waals surface area contributed by atoms with E-state index in [2.05, 4.69) is 10.6 Å². The van der Waals surface area contributed by atoms with E-state index in [4.69, 9.17) is 28.5 Å². The Morgan fingerprint density at radius 1 is 1.48 bits per heavy atom. The third-order valence-electron chi connectivity index (χ3n) is 5.45. The number of nitriles is 1. The van der Waals surface area contributed by atoms with Crippen molar-refractivity contribution in [2.45, 2.75) is 30.3 Å². The van der Waals surface area contributed by atoms with E-state index in [1.807, 2.05) is 23.2 Å². The fourth-order valence-corrected chi connectivity index (χ4v) is 5.74. The van der Waals surface area contributed by atoms with E-state index in [-0.39, 0.29) is 28.8 Å². The zero-order chi connectivity index (χ0) is 17.6. The van der Waals surface area contributed by atoms with E-state index in [1.54, 1.807) is 17.8 Å². The molecule has 8 heteroatoms. The van der Waals surface area contributed by atoms with E-state index in [0.29, 0.717) is 10.0 Å². The van der Waals surface area contributed by atoms with Crippen molar-refractivity contribution >= 4 is 40.9 Å². The predicted octanol–water partition coefficient (Wildman–Crippen LogP) is 2.76. The summed E-state index contributed by atoms with van der Waals surface area (Å²) in [5.41, 5.74) is 1.08. The molecule has 2 saturated heterocycles. The van der Waals surface area contributed by atoms with Gasteiger partial charge in [-0.2, -0.15) is 5.26 Å². The lowest BCUT2D eigenvalue weighted by atomic mass is 10.1. The summed E-state index contributed by atoms with van der Waals surface area (Å²) in [5, 5.41) is 16.3. The molecule has 132 valence electrons. The van der Waals surface area contributed by atoms with Crippen LogP contribution in [0.25, 0.3) is 0 Å². The Balaban J connectivity index is 1.38. The highest BCUT2D eigenvalue weighted by Gasteiger charge is 2.58. The van der Waals surface area contributed by atoms with Crippen LogP contribution >= 0.6 is 35.0 Å². The van der Waals surface area contributed by atoms with Crippen LogP contribution in [-0.4, -0.2) is 41.7 Å². The zero-order valence-electron chi connectivity index (χ0n) is 13.5. The predicted molar refractivity (Wildman–Crippen MR) is 99.4 cm³/mol. The molecule has 3 unspecified atom stereocenters. The number of thioether (sulfide) groups is 1. The molecule has 0 radical (unpaired) electrons. The molecule has 0 bridgehead atoms. The van der Waals surface area contributed by atoms with Gasteiger partial charge < -0.3 is 10.2 Å². The molecule has 2 heterocycles. The average Bonchev–Trinajstić information content (AvgIpc) is 2.94. The summed E-state index contributed by atoms with van der Waals surface area (Å²) in [4.78, 5) is 14.8. The summed E-state index contributed by atoms with van der Waals surface area (Å²) in [6.45, 7) is 1.53. The normalized spacial score (nSPS) is 33.5. The molecule has 1 amide bonds. The number of rotatable bonds is 3. The van der Waals surface area contributed by atoms with Gasteiger partial charge in [0, 0.05) is 40.3 Å². The fraction of sp³-hybridized carbons (Fsp3) is 0.529. The van der Waals surface area contributed by atoms with Crippen molar-refractivity contribution in [1.82, 2.24) is 15.5 Å². The number of benzene rings is 1. The van der Waals surface area contributed by atoms with Gasteiger partial charge in [-0.3, -0.25) is 10.1 Å². The van der Waals surface area contributed by atoms with Gasteiger partial charge in [0.25, 0.3) is 0 Å². The van der Waals surface area contributed by atoms with Gasteiger partial charge in [0.15, 0.2) is 6.19 Å². The lowest BCUT2D eigenvalue weighted by Gasteiger charge is -2.21. The lowest BCUT2D eigenvalue weighted by Crippen LogP contribution is -2.44. The van der Waals surface area contributed by atoms with Crippen molar-refractivity contribution < 1.29 is 4.79 Å². The number of carbonyl (C=O) groups is 1. The van der Waals surface area contributed by atoms with Gasteiger partial charge in [-0.15, -0.1) is 11.8 Å². The number of amides is 1. The minimum Gasteiger partial charge on any atom is -0.341 e. The molecule has 0 aromatic heterocycles. The topological polar surface area (TPSA) is 68.2 Å². The summed E-state index contributed by atoms with van der Waals surface area (Å²) in [6, 6.07) is 5.50. The second-order valence-corrected chi connectivity index (χ2v) is 8.97. The number of hydrogen-bond acceptors (Lipinski definition) is 5. The largest absolute Gasteiger partial charge is 0.341 e. The first kappa shape index (κ1) is 17.3. The quantitative estimate of drug-likeness (QED) is 0.607. The third kappa shape index (κ3) is 3.19. The Bertz CT molecular complexity index is 755. The number of likely N-dealkylation sites (tertiary alicyclic amines) is 1. The van der Waals surface area contributed by atoms with Crippen molar-refractivity contribution in [2.75, 3.05) is 18.8 Å². The van der Waals surface area contributed by atoms with Gasteiger partial charge in [-0.05, 0) is 30.5 Å². The van der Waals surface area contributed by atoms with Gasteiger partial charge in [0.1, 0.15) is 0 Å². The highest BCUT2D eigenvalue weighted by atomic mass is 35.5.